The van der Waals surface area contributed by atoms with Gasteiger partial charge in [0.25, 0.3) is 12.3 Å². The third kappa shape index (κ3) is 4.76. The van der Waals surface area contributed by atoms with Crippen LogP contribution in [0, 0.1) is 5.82 Å². The van der Waals surface area contributed by atoms with E-state index < -0.39 is 12.2 Å². The molecule has 4 heterocycles. The molecule has 36 heavy (non-hydrogen) atoms. The number of hydrogen-bond acceptors (Lipinski definition) is 5. The number of benzene rings is 1. The van der Waals surface area contributed by atoms with E-state index in [-0.39, 0.29) is 48.5 Å². The van der Waals surface area contributed by atoms with Crippen LogP contribution in [0.5, 0.6) is 5.75 Å². The number of amides is 1. The SMILES string of the molecule is CCC1CC(Oc2cc(F)ccc2C(=O)N2Cc3nn4cc(Cl)cnc4c3C2)CC(C)N1CC(F)F. The molecular weight excluding hydrogens is 495 g/mol. The van der Waals surface area contributed by atoms with E-state index in [4.69, 9.17) is 16.3 Å². The summed E-state index contributed by atoms with van der Waals surface area (Å²) in [5, 5.41) is 4.95. The van der Waals surface area contributed by atoms with Crippen LogP contribution in [-0.4, -0.2) is 61.5 Å². The van der Waals surface area contributed by atoms with E-state index in [9.17, 15) is 18.0 Å². The Balaban J connectivity index is 1.34. The van der Waals surface area contributed by atoms with Crippen LogP contribution in [0.25, 0.3) is 5.65 Å². The minimum Gasteiger partial charge on any atom is -0.489 e. The fraction of sp³-hybridized carbons (Fsp3) is 0.480. The monoisotopic (exact) mass is 521 g/mol. The third-order valence-corrected chi connectivity index (χ3v) is 7.25. The van der Waals surface area contributed by atoms with Gasteiger partial charge in [0.2, 0.25) is 0 Å². The normalized spacial score (nSPS) is 22.4. The number of fused-ring (bicyclic) bond motifs is 3. The lowest BCUT2D eigenvalue weighted by atomic mass is 9.92. The summed E-state index contributed by atoms with van der Waals surface area (Å²) < 4.78 is 48.2. The molecule has 7 nitrogen and oxygen atoms in total. The highest BCUT2D eigenvalue weighted by atomic mass is 35.5. The maximum absolute atomic E-state index is 14.2. The van der Waals surface area contributed by atoms with Crippen LogP contribution in [0.15, 0.2) is 30.6 Å². The fourth-order valence-corrected chi connectivity index (χ4v) is 5.52. The highest BCUT2D eigenvalue weighted by Gasteiger charge is 2.36. The number of alkyl halides is 2. The van der Waals surface area contributed by atoms with Gasteiger partial charge in [0, 0.05) is 29.9 Å². The number of nitrogens with zero attached hydrogens (tertiary/aromatic N) is 5. The highest BCUT2D eigenvalue weighted by molar-refractivity contribution is 6.30. The maximum atomic E-state index is 14.2. The topological polar surface area (TPSA) is 63.0 Å². The third-order valence-electron chi connectivity index (χ3n) is 7.06. The Bertz CT molecular complexity index is 1290. The number of piperidine rings is 1. The average molecular weight is 522 g/mol. The molecule has 1 amide bonds. The molecule has 3 aromatic rings. The number of ether oxygens (including phenoxy) is 1. The first kappa shape index (κ1) is 24.8. The lowest BCUT2D eigenvalue weighted by molar-refractivity contribution is -0.0185. The lowest BCUT2D eigenvalue weighted by Crippen LogP contribution is -2.52. The number of carbonyl (C=O) groups is 1. The van der Waals surface area contributed by atoms with Crippen molar-refractivity contribution in [1.29, 1.82) is 0 Å². The molecule has 2 aromatic heterocycles. The van der Waals surface area contributed by atoms with E-state index in [0.29, 0.717) is 36.5 Å². The van der Waals surface area contributed by atoms with Gasteiger partial charge in [-0.15, -0.1) is 0 Å². The smallest absolute Gasteiger partial charge is 0.258 e. The summed E-state index contributed by atoms with van der Waals surface area (Å²) in [7, 11) is 0. The van der Waals surface area contributed by atoms with Gasteiger partial charge < -0.3 is 9.64 Å². The molecule has 1 fully saturated rings. The molecule has 1 saturated heterocycles. The van der Waals surface area contributed by atoms with Crippen molar-refractivity contribution in [2.45, 2.75) is 70.8 Å². The Morgan fingerprint density at radius 2 is 2.08 bits per heavy atom. The second kappa shape index (κ2) is 9.89. The van der Waals surface area contributed by atoms with Gasteiger partial charge >= 0.3 is 0 Å². The summed E-state index contributed by atoms with van der Waals surface area (Å²) >= 11 is 6.00. The molecule has 1 aromatic carbocycles. The Morgan fingerprint density at radius 1 is 1.28 bits per heavy atom. The number of hydrogen-bond donors (Lipinski definition) is 0. The standard InChI is InChI=1S/C25H27ClF3N5O2/c1-3-17-8-18(6-14(2)33(17)13-23(28)29)36-22-7-16(27)4-5-19(22)25(35)32-11-20-21(12-32)31-34-10-15(26)9-30-24(20)34/h4-5,7,9-10,14,17-18,23H,3,6,8,11-13H2,1-2H3. The summed E-state index contributed by atoms with van der Waals surface area (Å²) in [5.41, 5.74) is 2.46. The molecular formula is C25H27ClF3N5O2. The van der Waals surface area contributed by atoms with E-state index in [1.165, 1.54) is 24.4 Å². The first-order valence-electron chi connectivity index (χ1n) is 12.0. The van der Waals surface area contributed by atoms with E-state index in [2.05, 4.69) is 10.1 Å². The predicted molar refractivity (Wildman–Crippen MR) is 128 cm³/mol. The molecule has 2 aliphatic heterocycles. The van der Waals surface area contributed by atoms with E-state index in [1.54, 1.807) is 15.6 Å². The van der Waals surface area contributed by atoms with Gasteiger partial charge in [0.05, 0.1) is 42.1 Å². The molecule has 0 radical (unpaired) electrons. The second-order valence-corrected chi connectivity index (χ2v) is 9.91. The van der Waals surface area contributed by atoms with Crippen LogP contribution in [-0.2, 0) is 13.1 Å². The van der Waals surface area contributed by atoms with Crippen LogP contribution in [0.2, 0.25) is 5.02 Å². The molecule has 5 rings (SSSR count). The van der Waals surface area contributed by atoms with Gasteiger partial charge in [-0.1, -0.05) is 18.5 Å². The number of rotatable bonds is 6. The lowest BCUT2D eigenvalue weighted by Gasteiger charge is -2.43. The number of aromatic nitrogens is 3. The van der Waals surface area contributed by atoms with Crippen molar-refractivity contribution in [2.75, 3.05) is 6.54 Å². The summed E-state index contributed by atoms with van der Waals surface area (Å²) in [6.45, 7) is 4.17. The van der Waals surface area contributed by atoms with Crippen molar-refractivity contribution in [3.63, 3.8) is 0 Å². The zero-order valence-electron chi connectivity index (χ0n) is 20.0. The number of likely N-dealkylation sites (tertiary alicyclic amines) is 1. The molecule has 2 aliphatic rings. The minimum atomic E-state index is -2.41. The van der Waals surface area contributed by atoms with Crippen molar-refractivity contribution in [3.05, 3.63) is 58.3 Å². The molecule has 11 heteroatoms. The van der Waals surface area contributed by atoms with Crippen molar-refractivity contribution in [2.24, 2.45) is 0 Å². The first-order chi connectivity index (χ1) is 17.2. The predicted octanol–water partition coefficient (Wildman–Crippen LogP) is 4.95. The van der Waals surface area contributed by atoms with Crippen LogP contribution < -0.4 is 4.74 Å². The Labute approximate surface area is 211 Å². The van der Waals surface area contributed by atoms with Crippen LogP contribution in [0.4, 0.5) is 13.2 Å². The summed E-state index contributed by atoms with van der Waals surface area (Å²) in [4.78, 5) is 21.3. The minimum absolute atomic E-state index is 0.0774. The van der Waals surface area contributed by atoms with Gasteiger partial charge in [0.1, 0.15) is 17.7 Å². The second-order valence-electron chi connectivity index (χ2n) is 9.48. The van der Waals surface area contributed by atoms with Crippen molar-refractivity contribution < 1.29 is 22.7 Å². The van der Waals surface area contributed by atoms with Gasteiger partial charge in [-0.3, -0.25) is 9.69 Å². The largest absolute Gasteiger partial charge is 0.489 e. The highest BCUT2D eigenvalue weighted by Crippen LogP contribution is 2.33. The molecule has 0 bridgehead atoms. The Hall–Kier alpha value is -2.85. The van der Waals surface area contributed by atoms with Crippen molar-refractivity contribution in [1.82, 2.24) is 24.4 Å². The average Bonchev–Trinajstić information content (AvgIpc) is 3.37. The first-order valence-corrected chi connectivity index (χ1v) is 12.4. The van der Waals surface area contributed by atoms with Crippen LogP contribution in [0.1, 0.15) is 54.7 Å². The quantitative estimate of drug-likeness (QED) is 0.459. The Kier molecular flexibility index (Phi) is 6.82. The molecule has 3 atom stereocenters. The van der Waals surface area contributed by atoms with Crippen LogP contribution in [0.3, 0.4) is 0 Å². The molecule has 0 aliphatic carbocycles. The van der Waals surface area contributed by atoms with Crippen molar-refractivity contribution in [3.8, 4) is 5.75 Å². The Morgan fingerprint density at radius 3 is 2.83 bits per heavy atom. The van der Waals surface area contributed by atoms with Crippen LogP contribution >= 0.6 is 11.6 Å². The van der Waals surface area contributed by atoms with Gasteiger partial charge in [-0.2, -0.15) is 5.10 Å². The maximum Gasteiger partial charge on any atom is 0.258 e. The van der Waals surface area contributed by atoms with Gasteiger partial charge in [-0.25, -0.2) is 22.7 Å². The number of carbonyl (C=O) groups excluding carboxylic acids is 1. The van der Waals surface area contributed by atoms with E-state index in [0.717, 1.165) is 11.3 Å². The molecule has 192 valence electrons. The van der Waals surface area contributed by atoms with E-state index >= 15 is 0 Å². The summed E-state index contributed by atoms with van der Waals surface area (Å²) in [5.74, 6) is -0.649. The molecule has 0 saturated carbocycles. The van der Waals surface area contributed by atoms with E-state index in [1.807, 2.05) is 18.7 Å². The number of halogens is 4. The zero-order chi connectivity index (χ0) is 25.6. The molecule has 3 unspecified atom stereocenters. The van der Waals surface area contributed by atoms with Gasteiger partial charge in [-0.05, 0) is 38.3 Å². The zero-order valence-corrected chi connectivity index (χ0v) is 20.8. The van der Waals surface area contributed by atoms with Crippen molar-refractivity contribution >= 4 is 23.2 Å². The van der Waals surface area contributed by atoms with Gasteiger partial charge in [0.15, 0.2) is 5.65 Å². The summed E-state index contributed by atoms with van der Waals surface area (Å²) in [6, 6.07) is 3.69. The summed E-state index contributed by atoms with van der Waals surface area (Å²) in [6.07, 6.45) is 2.20. The molecule has 0 N–H and O–H groups in total. The fourth-order valence-electron chi connectivity index (χ4n) is 5.38. The molecule has 0 spiro atoms.